The van der Waals surface area contributed by atoms with Crippen LogP contribution in [0, 0.1) is 0 Å². The number of hydrogen-bond acceptors (Lipinski definition) is 5. The zero-order valence-corrected chi connectivity index (χ0v) is 15.1. The first kappa shape index (κ1) is 16.5. The van der Waals surface area contributed by atoms with Crippen molar-refractivity contribution in [2.45, 2.75) is 19.3 Å². The summed E-state index contributed by atoms with van der Waals surface area (Å²) >= 11 is 1.44. The van der Waals surface area contributed by atoms with Gasteiger partial charge in [-0.1, -0.05) is 19.3 Å². The number of carbonyl (C=O) groups excluding carboxylic acids is 1. The van der Waals surface area contributed by atoms with Gasteiger partial charge in [0.05, 0.1) is 11.8 Å². The topological polar surface area (TPSA) is 79.9 Å². The Bertz CT molecular complexity index is 1070. The lowest BCUT2D eigenvalue weighted by atomic mass is 10.0. The molecule has 6 nitrogen and oxygen atoms in total. The third kappa shape index (κ3) is 3.25. The van der Waals surface area contributed by atoms with Gasteiger partial charge in [0, 0.05) is 40.4 Å². The molecule has 132 valence electrons. The number of fused-ring (bicyclic) bond motifs is 2. The molecule has 3 aromatic heterocycles. The molecule has 0 aliphatic heterocycles. The summed E-state index contributed by atoms with van der Waals surface area (Å²) in [5.74, 6) is 1.29. The average Bonchev–Trinajstić information content (AvgIpc) is 3.38. The number of hydrogen-bond donors (Lipinski definition) is 2. The SMILES string of the molecule is C1CC1.COc1cc2sncc2cc1-c1c[nH]c2nc(NC=O)ccc12. The number of amides is 1. The van der Waals surface area contributed by atoms with E-state index < -0.39 is 0 Å². The fraction of sp³-hybridized carbons (Fsp3) is 0.211. The maximum atomic E-state index is 10.5. The van der Waals surface area contributed by atoms with Gasteiger partial charge >= 0.3 is 0 Å². The van der Waals surface area contributed by atoms with Crippen LogP contribution in [0.25, 0.3) is 32.2 Å². The lowest BCUT2D eigenvalue weighted by Gasteiger charge is -2.08. The highest BCUT2D eigenvalue weighted by atomic mass is 32.1. The van der Waals surface area contributed by atoms with E-state index in [1.54, 1.807) is 13.2 Å². The average molecular weight is 366 g/mol. The van der Waals surface area contributed by atoms with Crippen molar-refractivity contribution in [2.24, 2.45) is 0 Å². The number of H-pyrrole nitrogens is 1. The second kappa shape index (κ2) is 7.13. The van der Waals surface area contributed by atoms with Gasteiger partial charge in [0.15, 0.2) is 0 Å². The molecule has 2 N–H and O–H groups in total. The maximum absolute atomic E-state index is 10.5. The normalized spacial score (nSPS) is 12.5. The lowest BCUT2D eigenvalue weighted by Crippen LogP contribution is -1.96. The molecule has 1 amide bonds. The first-order valence-electron chi connectivity index (χ1n) is 8.41. The minimum absolute atomic E-state index is 0.505. The second-order valence-electron chi connectivity index (χ2n) is 6.03. The Morgan fingerprint density at radius 3 is 2.81 bits per heavy atom. The Morgan fingerprint density at radius 2 is 2.08 bits per heavy atom. The third-order valence-electron chi connectivity index (χ3n) is 4.06. The molecule has 5 rings (SSSR count). The highest BCUT2D eigenvalue weighted by Crippen LogP contribution is 2.38. The van der Waals surface area contributed by atoms with E-state index >= 15 is 0 Å². The van der Waals surface area contributed by atoms with Gasteiger partial charge in [-0.05, 0) is 29.7 Å². The quantitative estimate of drug-likeness (QED) is 0.518. The molecule has 1 aliphatic rings. The van der Waals surface area contributed by atoms with Crippen molar-refractivity contribution >= 4 is 44.9 Å². The molecule has 7 heteroatoms. The molecule has 1 aliphatic carbocycles. The van der Waals surface area contributed by atoms with Gasteiger partial charge in [0.1, 0.15) is 17.2 Å². The van der Waals surface area contributed by atoms with Crippen LogP contribution < -0.4 is 10.1 Å². The molecule has 4 aromatic rings. The van der Waals surface area contributed by atoms with Gasteiger partial charge in [-0.25, -0.2) is 4.98 Å². The fourth-order valence-corrected chi connectivity index (χ4v) is 3.30. The number of aromatic nitrogens is 3. The summed E-state index contributed by atoms with van der Waals surface area (Å²) in [6, 6.07) is 7.76. The van der Waals surface area contributed by atoms with Crippen molar-refractivity contribution in [2.75, 3.05) is 12.4 Å². The first-order chi connectivity index (χ1) is 12.8. The molecule has 0 unspecified atom stereocenters. The smallest absolute Gasteiger partial charge is 0.212 e. The highest BCUT2D eigenvalue weighted by Gasteiger charge is 2.14. The van der Waals surface area contributed by atoms with Gasteiger partial charge in [0.25, 0.3) is 0 Å². The van der Waals surface area contributed by atoms with Crippen LogP contribution in [0.4, 0.5) is 5.82 Å². The number of benzene rings is 1. The van der Waals surface area contributed by atoms with Gasteiger partial charge in [0.2, 0.25) is 6.41 Å². The predicted octanol–water partition coefficient (Wildman–Crippen LogP) is 4.59. The summed E-state index contributed by atoms with van der Waals surface area (Å²) in [7, 11) is 1.66. The molecule has 26 heavy (non-hydrogen) atoms. The van der Waals surface area contributed by atoms with E-state index in [1.165, 1.54) is 30.8 Å². The van der Waals surface area contributed by atoms with E-state index in [-0.39, 0.29) is 0 Å². The van der Waals surface area contributed by atoms with Crippen molar-refractivity contribution in [1.82, 2.24) is 14.3 Å². The van der Waals surface area contributed by atoms with Crippen LogP contribution >= 0.6 is 11.5 Å². The van der Waals surface area contributed by atoms with Crippen LogP contribution in [0.1, 0.15) is 19.3 Å². The molecular formula is C19H18N4O2S. The van der Waals surface area contributed by atoms with Crippen LogP contribution in [-0.4, -0.2) is 27.9 Å². The minimum Gasteiger partial charge on any atom is -0.496 e. The van der Waals surface area contributed by atoms with E-state index in [0.29, 0.717) is 17.9 Å². The monoisotopic (exact) mass is 366 g/mol. The largest absolute Gasteiger partial charge is 0.496 e. The van der Waals surface area contributed by atoms with Crippen molar-refractivity contribution in [3.05, 3.63) is 36.7 Å². The van der Waals surface area contributed by atoms with Gasteiger partial charge in [-0.15, -0.1) is 0 Å². The molecular weight excluding hydrogens is 348 g/mol. The molecule has 0 saturated heterocycles. The van der Waals surface area contributed by atoms with Crippen LogP contribution in [0.15, 0.2) is 36.7 Å². The Hall–Kier alpha value is -2.93. The number of nitrogens with zero attached hydrogens (tertiary/aromatic N) is 2. The van der Waals surface area contributed by atoms with Crippen LogP contribution in [0.2, 0.25) is 0 Å². The molecule has 0 spiro atoms. The number of ether oxygens (including phenoxy) is 1. The summed E-state index contributed by atoms with van der Waals surface area (Å²) in [5, 5.41) is 4.59. The lowest BCUT2D eigenvalue weighted by molar-refractivity contribution is -0.105. The molecule has 1 fully saturated rings. The number of aromatic amines is 1. The summed E-state index contributed by atoms with van der Waals surface area (Å²) in [6.45, 7) is 0. The number of carbonyl (C=O) groups is 1. The number of rotatable bonds is 4. The molecule has 1 saturated carbocycles. The van der Waals surface area contributed by atoms with E-state index in [4.69, 9.17) is 4.74 Å². The minimum atomic E-state index is 0.505. The predicted molar refractivity (Wildman–Crippen MR) is 105 cm³/mol. The zero-order chi connectivity index (χ0) is 17.9. The Kier molecular flexibility index (Phi) is 4.53. The molecule has 0 radical (unpaired) electrons. The summed E-state index contributed by atoms with van der Waals surface area (Å²) in [6.07, 6.45) is 8.85. The standard InChI is InChI=1S/C16H12N4O2S.C3H6/c1-22-13-5-14-9(6-19-23-14)4-11(13)12-7-17-16-10(12)2-3-15(20-16)18-8-21;1-2-3-1/h2-8H,1H3,(H2,17,18,20,21);1-3H2. The summed E-state index contributed by atoms with van der Waals surface area (Å²) < 4.78 is 10.8. The van der Waals surface area contributed by atoms with E-state index in [1.807, 2.05) is 24.5 Å². The maximum Gasteiger partial charge on any atom is 0.212 e. The van der Waals surface area contributed by atoms with Crippen molar-refractivity contribution in [3.63, 3.8) is 0 Å². The number of pyridine rings is 1. The molecule has 0 bridgehead atoms. The molecule has 3 heterocycles. The summed E-state index contributed by atoms with van der Waals surface area (Å²) in [4.78, 5) is 18.0. The number of nitrogens with one attached hydrogen (secondary N) is 2. The fourth-order valence-electron chi connectivity index (χ4n) is 2.65. The second-order valence-corrected chi connectivity index (χ2v) is 6.87. The van der Waals surface area contributed by atoms with Crippen molar-refractivity contribution in [1.29, 1.82) is 0 Å². The number of methoxy groups -OCH3 is 1. The molecule has 0 atom stereocenters. The zero-order valence-electron chi connectivity index (χ0n) is 14.3. The van der Waals surface area contributed by atoms with Crippen LogP contribution in [-0.2, 0) is 4.79 Å². The third-order valence-corrected chi connectivity index (χ3v) is 4.83. The Labute approximate surface area is 154 Å². The van der Waals surface area contributed by atoms with Crippen LogP contribution in [0.3, 0.4) is 0 Å². The Morgan fingerprint density at radius 1 is 1.23 bits per heavy atom. The number of anilines is 1. The van der Waals surface area contributed by atoms with Crippen LogP contribution in [0.5, 0.6) is 5.75 Å². The highest BCUT2D eigenvalue weighted by molar-refractivity contribution is 7.13. The molecule has 1 aromatic carbocycles. The van der Waals surface area contributed by atoms with Gasteiger partial charge < -0.3 is 15.0 Å². The first-order valence-corrected chi connectivity index (χ1v) is 9.18. The van der Waals surface area contributed by atoms with E-state index in [0.717, 1.165) is 32.3 Å². The van der Waals surface area contributed by atoms with E-state index in [2.05, 4.69) is 25.7 Å². The van der Waals surface area contributed by atoms with Crippen molar-refractivity contribution < 1.29 is 9.53 Å². The Balaban J connectivity index is 0.000000510. The van der Waals surface area contributed by atoms with Gasteiger partial charge in [-0.3, -0.25) is 4.79 Å². The van der Waals surface area contributed by atoms with Gasteiger partial charge in [-0.2, -0.15) is 4.37 Å². The van der Waals surface area contributed by atoms with E-state index in [9.17, 15) is 4.79 Å². The summed E-state index contributed by atoms with van der Waals surface area (Å²) in [5.41, 5.74) is 2.68. The van der Waals surface area contributed by atoms with Crippen molar-refractivity contribution in [3.8, 4) is 16.9 Å².